The molecule has 0 aliphatic heterocycles. The molecule has 3 heteroatoms. The number of rotatable bonds is 5. The molecule has 0 aliphatic carbocycles. The van der Waals surface area contributed by atoms with Gasteiger partial charge < -0.3 is 10.1 Å². The lowest BCUT2D eigenvalue weighted by molar-refractivity contribution is -0.117. The van der Waals surface area contributed by atoms with Crippen LogP contribution in [0.5, 0.6) is 0 Å². The Morgan fingerprint density at radius 3 is 2.31 bits per heavy atom. The second-order valence-electron chi connectivity index (χ2n) is 3.83. The zero-order valence-electron chi connectivity index (χ0n) is 9.75. The standard InChI is InChI=1S/C13H17NO2/c1-10(15)4-3-5-11-6-8-12(9-7-11)13(16)14-2/h6-9H,3-5H2,1-2H3,(H,14,16). The van der Waals surface area contributed by atoms with Crippen LogP contribution in [0.2, 0.25) is 0 Å². The Labute approximate surface area is 95.9 Å². The van der Waals surface area contributed by atoms with Crippen molar-refractivity contribution in [2.75, 3.05) is 7.05 Å². The van der Waals surface area contributed by atoms with Gasteiger partial charge in [-0.15, -0.1) is 0 Å². The number of amides is 1. The third-order valence-corrected chi connectivity index (χ3v) is 2.44. The van der Waals surface area contributed by atoms with E-state index in [1.807, 2.05) is 24.3 Å². The highest BCUT2D eigenvalue weighted by molar-refractivity contribution is 5.93. The number of aryl methyl sites for hydroxylation is 1. The zero-order valence-corrected chi connectivity index (χ0v) is 9.75. The number of nitrogens with one attached hydrogen (secondary N) is 1. The normalized spacial score (nSPS) is 9.88. The fourth-order valence-corrected chi connectivity index (χ4v) is 1.51. The lowest BCUT2D eigenvalue weighted by atomic mass is 10.0. The van der Waals surface area contributed by atoms with E-state index in [4.69, 9.17) is 0 Å². The SMILES string of the molecule is CNC(=O)c1ccc(CCCC(C)=O)cc1. The van der Waals surface area contributed by atoms with Gasteiger partial charge in [-0.3, -0.25) is 4.79 Å². The van der Waals surface area contributed by atoms with Crippen molar-refractivity contribution in [2.24, 2.45) is 0 Å². The van der Waals surface area contributed by atoms with E-state index in [0.29, 0.717) is 12.0 Å². The van der Waals surface area contributed by atoms with Crippen LogP contribution in [-0.4, -0.2) is 18.7 Å². The molecule has 0 aliphatic rings. The largest absolute Gasteiger partial charge is 0.355 e. The maximum atomic E-state index is 11.3. The molecule has 16 heavy (non-hydrogen) atoms. The van der Waals surface area contributed by atoms with Gasteiger partial charge in [0.25, 0.3) is 5.91 Å². The highest BCUT2D eigenvalue weighted by Gasteiger charge is 2.02. The van der Waals surface area contributed by atoms with Gasteiger partial charge in [-0.2, -0.15) is 0 Å². The predicted molar refractivity (Wildman–Crippen MR) is 63.5 cm³/mol. The molecule has 0 unspecified atom stereocenters. The third kappa shape index (κ3) is 3.85. The van der Waals surface area contributed by atoms with Gasteiger partial charge in [-0.05, 0) is 37.5 Å². The summed E-state index contributed by atoms with van der Waals surface area (Å²) < 4.78 is 0. The number of ketones is 1. The Morgan fingerprint density at radius 1 is 1.19 bits per heavy atom. The first-order valence-corrected chi connectivity index (χ1v) is 5.44. The van der Waals surface area contributed by atoms with Gasteiger partial charge in [0, 0.05) is 19.0 Å². The van der Waals surface area contributed by atoms with E-state index in [1.165, 1.54) is 0 Å². The fraction of sp³-hybridized carbons (Fsp3) is 0.385. The van der Waals surface area contributed by atoms with Crippen LogP contribution < -0.4 is 5.32 Å². The minimum absolute atomic E-state index is 0.0738. The van der Waals surface area contributed by atoms with Crippen LogP contribution in [0.25, 0.3) is 0 Å². The summed E-state index contributed by atoms with van der Waals surface area (Å²) in [4.78, 5) is 22.0. The molecular formula is C13H17NO2. The minimum Gasteiger partial charge on any atom is -0.355 e. The first kappa shape index (κ1) is 12.4. The van der Waals surface area contributed by atoms with Crippen molar-refractivity contribution in [1.82, 2.24) is 5.32 Å². The van der Waals surface area contributed by atoms with E-state index in [9.17, 15) is 9.59 Å². The van der Waals surface area contributed by atoms with E-state index in [-0.39, 0.29) is 11.7 Å². The Kier molecular flexibility index (Phi) is 4.70. The van der Waals surface area contributed by atoms with Gasteiger partial charge >= 0.3 is 0 Å². The Balaban J connectivity index is 2.51. The summed E-state index contributed by atoms with van der Waals surface area (Å²) in [6.45, 7) is 1.61. The second kappa shape index (κ2) is 6.05. The number of hydrogen-bond donors (Lipinski definition) is 1. The molecular weight excluding hydrogens is 202 g/mol. The zero-order chi connectivity index (χ0) is 12.0. The van der Waals surface area contributed by atoms with Crippen LogP contribution in [0.1, 0.15) is 35.7 Å². The molecule has 0 aromatic heterocycles. The summed E-state index contributed by atoms with van der Waals surface area (Å²) >= 11 is 0. The summed E-state index contributed by atoms with van der Waals surface area (Å²) in [6, 6.07) is 7.49. The van der Waals surface area contributed by atoms with E-state index in [1.54, 1.807) is 14.0 Å². The quantitative estimate of drug-likeness (QED) is 0.822. The smallest absolute Gasteiger partial charge is 0.251 e. The molecule has 3 nitrogen and oxygen atoms in total. The highest BCUT2D eigenvalue weighted by Crippen LogP contribution is 2.08. The summed E-state index contributed by atoms with van der Waals surface area (Å²) in [7, 11) is 1.61. The molecule has 0 spiro atoms. The topological polar surface area (TPSA) is 46.2 Å². The van der Waals surface area contributed by atoms with E-state index >= 15 is 0 Å². The molecule has 0 atom stereocenters. The fourth-order valence-electron chi connectivity index (χ4n) is 1.51. The number of carbonyl (C=O) groups excluding carboxylic acids is 2. The summed E-state index contributed by atoms with van der Waals surface area (Å²) in [5, 5.41) is 2.58. The Bertz CT molecular complexity index is 368. The average Bonchev–Trinajstić information content (AvgIpc) is 2.28. The number of hydrogen-bond acceptors (Lipinski definition) is 2. The molecule has 1 aromatic rings. The molecule has 1 N–H and O–H groups in total. The van der Waals surface area contributed by atoms with Crippen LogP contribution in [-0.2, 0) is 11.2 Å². The van der Waals surface area contributed by atoms with Gasteiger partial charge in [0.1, 0.15) is 5.78 Å². The van der Waals surface area contributed by atoms with Crippen molar-refractivity contribution in [1.29, 1.82) is 0 Å². The molecule has 0 saturated heterocycles. The Morgan fingerprint density at radius 2 is 1.81 bits per heavy atom. The monoisotopic (exact) mass is 219 g/mol. The van der Waals surface area contributed by atoms with E-state index in [2.05, 4.69) is 5.32 Å². The minimum atomic E-state index is -0.0738. The molecule has 0 fully saturated rings. The van der Waals surface area contributed by atoms with Crippen molar-refractivity contribution >= 4 is 11.7 Å². The number of benzene rings is 1. The summed E-state index contributed by atoms with van der Waals surface area (Å²) in [5.74, 6) is 0.150. The van der Waals surface area contributed by atoms with Gasteiger partial charge in [-0.1, -0.05) is 12.1 Å². The van der Waals surface area contributed by atoms with Gasteiger partial charge in [-0.25, -0.2) is 0 Å². The van der Waals surface area contributed by atoms with Crippen LogP contribution in [0.4, 0.5) is 0 Å². The molecule has 86 valence electrons. The van der Waals surface area contributed by atoms with Gasteiger partial charge in [0.2, 0.25) is 0 Å². The lowest BCUT2D eigenvalue weighted by Crippen LogP contribution is -2.17. The molecule has 1 amide bonds. The molecule has 0 radical (unpaired) electrons. The first-order chi connectivity index (χ1) is 7.63. The van der Waals surface area contributed by atoms with Crippen molar-refractivity contribution < 1.29 is 9.59 Å². The van der Waals surface area contributed by atoms with Gasteiger partial charge in [0.15, 0.2) is 0 Å². The lowest BCUT2D eigenvalue weighted by Gasteiger charge is -2.02. The van der Waals surface area contributed by atoms with Crippen LogP contribution >= 0.6 is 0 Å². The summed E-state index contributed by atoms with van der Waals surface area (Å²) in [6.07, 6.45) is 2.37. The molecule has 1 rings (SSSR count). The number of Topliss-reactive ketones (excluding diaryl/α,β-unsaturated/α-hetero) is 1. The Hall–Kier alpha value is -1.64. The molecule has 1 aromatic carbocycles. The van der Waals surface area contributed by atoms with Crippen molar-refractivity contribution in [3.8, 4) is 0 Å². The highest BCUT2D eigenvalue weighted by atomic mass is 16.1. The van der Waals surface area contributed by atoms with Crippen molar-refractivity contribution in [3.05, 3.63) is 35.4 Å². The van der Waals surface area contributed by atoms with Crippen molar-refractivity contribution in [3.63, 3.8) is 0 Å². The average molecular weight is 219 g/mol. The van der Waals surface area contributed by atoms with E-state index < -0.39 is 0 Å². The summed E-state index contributed by atoms with van der Waals surface area (Å²) in [5.41, 5.74) is 1.83. The second-order valence-corrected chi connectivity index (χ2v) is 3.83. The maximum Gasteiger partial charge on any atom is 0.251 e. The van der Waals surface area contributed by atoms with E-state index in [0.717, 1.165) is 18.4 Å². The first-order valence-electron chi connectivity index (χ1n) is 5.44. The molecule has 0 saturated carbocycles. The predicted octanol–water partition coefficient (Wildman–Crippen LogP) is 1.96. The van der Waals surface area contributed by atoms with Gasteiger partial charge in [0.05, 0.1) is 0 Å². The molecule has 0 heterocycles. The van der Waals surface area contributed by atoms with Crippen LogP contribution in [0.3, 0.4) is 0 Å². The van der Waals surface area contributed by atoms with Crippen LogP contribution in [0, 0.1) is 0 Å². The maximum absolute atomic E-state index is 11.3. The van der Waals surface area contributed by atoms with Crippen LogP contribution in [0.15, 0.2) is 24.3 Å². The number of carbonyl (C=O) groups is 2. The molecule has 0 bridgehead atoms. The third-order valence-electron chi connectivity index (χ3n) is 2.44. The van der Waals surface area contributed by atoms with Crippen molar-refractivity contribution in [2.45, 2.75) is 26.2 Å².